The number of aromatic nitrogens is 3. The van der Waals surface area contributed by atoms with Gasteiger partial charge in [-0.05, 0) is 36.6 Å². The topological polar surface area (TPSA) is 110 Å². The van der Waals surface area contributed by atoms with E-state index in [0.29, 0.717) is 49.9 Å². The molecule has 3 aromatic rings. The van der Waals surface area contributed by atoms with E-state index >= 15 is 0 Å². The second-order valence-electron chi connectivity index (χ2n) is 8.57. The van der Waals surface area contributed by atoms with Gasteiger partial charge in [0.05, 0.1) is 17.9 Å². The predicted octanol–water partition coefficient (Wildman–Crippen LogP) is 2.21. The van der Waals surface area contributed by atoms with E-state index in [-0.39, 0.29) is 11.6 Å². The van der Waals surface area contributed by atoms with Gasteiger partial charge in [-0.2, -0.15) is 0 Å². The number of carboxylic acid groups (broad SMARTS) is 1. The van der Waals surface area contributed by atoms with Crippen LogP contribution < -0.4 is 15.0 Å². The average Bonchev–Trinajstić information content (AvgIpc) is 2.87. The molecule has 10 nitrogen and oxygen atoms in total. The number of amides is 1. The van der Waals surface area contributed by atoms with E-state index in [1.807, 2.05) is 18.2 Å². The highest BCUT2D eigenvalue weighted by Gasteiger charge is 2.28. The van der Waals surface area contributed by atoms with Crippen molar-refractivity contribution in [1.29, 1.82) is 0 Å². The lowest BCUT2D eigenvalue weighted by molar-refractivity contribution is 0.0856. The molecule has 0 aliphatic carbocycles. The Kier molecular flexibility index (Phi) is 6.31. The van der Waals surface area contributed by atoms with Gasteiger partial charge in [0, 0.05) is 45.0 Å². The van der Waals surface area contributed by atoms with Crippen LogP contribution in [0, 0.1) is 0 Å². The first-order valence-electron chi connectivity index (χ1n) is 11.5. The number of pyridine rings is 1. The fourth-order valence-corrected chi connectivity index (χ4v) is 4.68. The maximum atomic E-state index is 12.4. The molecule has 1 saturated heterocycles. The Morgan fingerprint density at radius 2 is 1.88 bits per heavy atom. The van der Waals surface area contributed by atoms with E-state index in [4.69, 9.17) is 9.47 Å². The fourth-order valence-electron chi connectivity index (χ4n) is 4.68. The summed E-state index contributed by atoms with van der Waals surface area (Å²) in [6.07, 6.45) is 5.21. The van der Waals surface area contributed by atoms with Gasteiger partial charge in [-0.1, -0.05) is 6.07 Å². The Balaban J connectivity index is 1.20. The van der Waals surface area contributed by atoms with Crippen molar-refractivity contribution in [3.63, 3.8) is 0 Å². The number of hydrogen-bond donors (Lipinski definition) is 1. The molecule has 4 heterocycles. The number of ether oxygens (including phenoxy) is 2. The minimum atomic E-state index is -0.920. The molecule has 2 aliphatic rings. The van der Waals surface area contributed by atoms with Crippen LogP contribution in [0.1, 0.15) is 18.4 Å². The van der Waals surface area contributed by atoms with Gasteiger partial charge in [-0.25, -0.2) is 9.78 Å². The number of benzene rings is 1. The molecule has 1 N–H and O–H groups in total. The van der Waals surface area contributed by atoms with Crippen LogP contribution >= 0.6 is 0 Å². The third-order valence-electron chi connectivity index (χ3n) is 6.49. The highest BCUT2D eigenvalue weighted by molar-refractivity contribution is 5.72. The van der Waals surface area contributed by atoms with Crippen LogP contribution in [-0.4, -0.2) is 74.4 Å². The summed E-state index contributed by atoms with van der Waals surface area (Å²) in [7, 11) is 0. The number of fused-ring (bicyclic) bond motifs is 2. The van der Waals surface area contributed by atoms with E-state index < -0.39 is 6.09 Å². The summed E-state index contributed by atoms with van der Waals surface area (Å²) in [4.78, 5) is 36.4. The number of nitrogens with zero attached hydrogens (tertiary/aromatic N) is 5. The fraction of sp³-hybridized carbons (Fsp3) is 0.417. The van der Waals surface area contributed by atoms with Gasteiger partial charge < -0.3 is 28.9 Å². The van der Waals surface area contributed by atoms with E-state index in [1.54, 1.807) is 23.0 Å². The zero-order valence-electron chi connectivity index (χ0n) is 18.8. The average molecular weight is 466 g/mol. The zero-order chi connectivity index (χ0) is 23.5. The van der Waals surface area contributed by atoms with E-state index in [1.165, 1.54) is 11.1 Å². The Hall–Kier alpha value is -3.66. The van der Waals surface area contributed by atoms with Crippen LogP contribution in [-0.2, 0) is 13.1 Å². The van der Waals surface area contributed by atoms with Crippen molar-refractivity contribution >= 4 is 17.1 Å². The van der Waals surface area contributed by atoms with E-state index in [0.717, 1.165) is 37.0 Å². The van der Waals surface area contributed by atoms with Crippen molar-refractivity contribution in [2.24, 2.45) is 0 Å². The van der Waals surface area contributed by atoms with Gasteiger partial charge in [-0.3, -0.25) is 9.78 Å². The lowest BCUT2D eigenvalue weighted by Gasteiger charge is -2.37. The Labute approximate surface area is 196 Å². The molecule has 0 bridgehead atoms. The SMILES string of the molecule is O=C(O)N(Cc1ccc2c(c1)OCCO2)C1CCN(CCn2c(=O)cnc3cnccc32)CC1. The van der Waals surface area contributed by atoms with Crippen LogP contribution in [0.25, 0.3) is 11.0 Å². The van der Waals surface area contributed by atoms with Gasteiger partial charge in [0.2, 0.25) is 0 Å². The predicted molar refractivity (Wildman–Crippen MR) is 124 cm³/mol. The summed E-state index contributed by atoms with van der Waals surface area (Å²) in [6, 6.07) is 7.35. The molecule has 2 aliphatic heterocycles. The quantitative estimate of drug-likeness (QED) is 0.590. The standard InChI is InChI=1S/C24H27N5O5/c30-23-15-26-19-14-25-6-3-20(19)28(23)10-9-27-7-4-18(5-8-27)29(24(31)32)16-17-1-2-21-22(13-17)34-12-11-33-21/h1-3,6,13-15,18H,4-5,7-12,16H2,(H,31,32). The second kappa shape index (κ2) is 9.68. The molecule has 2 aromatic heterocycles. The van der Waals surface area contributed by atoms with Gasteiger partial charge in [0.1, 0.15) is 18.7 Å². The minimum absolute atomic E-state index is 0.0579. The molecule has 10 heteroatoms. The van der Waals surface area contributed by atoms with Crippen molar-refractivity contribution in [3.05, 3.63) is 58.8 Å². The second-order valence-corrected chi connectivity index (χ2v) is 8.57. The normalized spacial score (nSPS) is 16.5. The minimum Gasteiger partial charge on any atom is -0.486 e. The molecule has 178 valence electrons. The molecule has 5 rings (SSSR count). The lowest BCUT2D eigenvalue weighted by atomic mass is 10.0. The number of hydrogen-bond acceptors (Lipinski definition) is 7. The van der Waals surface area contributed by atoms with Crippen molar-refractivity contribution in [1.82, 2.24) is 24.3 Å². The molecular formula is C24H27N5O5. The smallest absolute Gasteiger partial charge is 0.407 e. The molecular weight excluding hydrogens is 438 g/mol. The molecule has 1 fully saturated rings. The molecule has 0 radical (unpaired) electrons. The highest BCUT2D eigenvalue weighted by Crippen LogP contribution is 2.31. The summed E-state index contributed by atoms with van der Waals surface area (Å²) in [6.45, 7) is 4.13. The first kappa shape index (κ1) is 22.1. The summed E-state index contributed by atoms with van der Waals surface area (Å²) in [5.74, 6) is 1.36. The van der Waals surface area contributed by atoms with E-state index in [2.05, 4.69) is 14.9 Å². The number of piperidine rings is 1. The van der Waals surface area contributed by atoms with Crippen LogP contribution in [0.2, 0.25) is 0 Å². The summed E-state index contributed by atoms with van der Waals surface area (Å²) in [5.41, 5.74) is 2.21. The largest absolute Gasteiger partial charge is 0.486 e. The molecule has 1 aromatic carbocycles. The third-order valence-corrected chi connectivity index (χ3v) is 6.49. The number of rotatable bonds is 6. The summed E-state index contributed by atoms with van der Waals surface area (Å²) < 4.78 is 12.9. The van der Waals surface area contributed by atoms with Crippen molar-refractivity contribution < 1.29 is 19.4 Å². The molecule has 0 spiro atoms. The first-order chi connectivity index (χ1) is 16.6. The summed E-state index contributed by atoms with van der Waals surface area (Å²) in [5, 5.41) is 9.88. The van der Waals surface area contributed by atoms with E-state index in [9.17, 15) is 14.7 Å². The zero-order valence-corrected chi connectivity index (χ0v) is 18.8. The van der Waals surface area contributed by atoms with Crippen molar-refractivity contribution in [2.45, 2.75) is 32.0 Å². The summed E-state index contributed by atoms with van der Waals surface area (Å²) >= 11 is 0. The molecule has 0 unspecified atom stereocenters. The molecule has 0 atom stereocenters. The Bertz CT molecular complexity index is 1240. The van der Waals surface area contributed by atoms with Gasteiger partial charge >= 0.3 is 6.09 Å². The number of carbonyl (C=O) groups is 1. The maximum absolute atomic E-state index is 12.4. The van der Waals surface area contributed by atoms with Gasteiger partial charge in [0.15, 0.2) is 11.5 Å². The molecule has 0 saturated carbocycles. The van der Waals surface area contributed by atoms with Crippen LogP contribution in [0.15, 0.2) is 47.7 Å². The first-order valence-corrected chi connectivity index (χ1v) is 11.5. The highest BCUT2D eigenvalue weighted by atomic mass is 16.6. The van der Waals surface area contributed by atoms with Crippen LogP contribution in [0.5, 0.6) is 11.5 Å². The van der Waals surface area contributed by atoms with Gasteiger partial charge in [0.25, 0.3) is 5.56 Å². The molecule has 1 amide bonds. The van der Waals surface area contributed by atoms with Crippen molar-refractivity contribution in [2.75, 3.05) is 32.8 Å². The van der Waals surface area contributed by atoms with Crippen LogP contribution in [0.3, 0.4) is 0 Å². The molecule has 34 heavy (non-hydrogen) atoms. The maximum Gasteiger partial charge on any atom is 0.407 e. The Morgan fingerprint density at radius 3 is 2.68 bits per heavy atom. The van der Waals surface area contributed by atoms with Crippen LogP contribution in [0.4, 0.5) is 4.79 Å². The van der Waals surface area contributed by atoms with Crippen molar-refractivity contribution in [3.8, 4) is 11.5 Å². The lowest BCUT2D eigenvalue weighted by Crippen LogP contribution is -2.47. The Morgan fingerprint density at radius 1 is 1.09 bits per heavy atom. The number of likely N-dealkylation sites (tertiary alicyclic amines) is 1. The monoisotopic (exact) mass is 465 g/mol. The third kappa shape index (κ3) is 4.67. The van der Waals surface area contributed by atoms with Gasteiger partial charge in [-0.15, -0.1) is 0 Å².